The number of carbonyl (C=O) groups excluding carboxylic acids is 2. The second-order valence-electron chi connectivity index (χ2n) is 8.15. The van der Waals surface area contributed by atoms with E-state index in [4.69, 9.17) is 0 Å². The number of carbonyl (C=O) groups is 2. The molecule has 0 aliphatic heterocycles. The zero-order chi connectivity index (χ0) is 17.3. The van der Waals surface area contributed by atoms with Crippen LogP contribution in [-0.2, 0) is 9.59 Å². The first-order valence-corrected chi connectivity index (χ1v) is 8.70. The van der Waals surface area contributed by atoms with Crippen molar-refractivity contribution in [3.05, 3.63) is 0 Å². The van der Waals surface area contributed by atoms with Crippen molar-refractivity contribution < 1.29 is 22.8 Å². The molecule has 0 aromatic heterocycles. The summed E-state index contributed by atoms with van der Waals surface area (Å²) in [7, 11) is 0. The van der Waals surface area contributed by atoms with Crippen molar-refractivity contribution in [1.29, 1.82) is 0 Å². The highest BCUT2D eigenvalue weighted by molar-refractivity contribution is 6.03. The van der Waals surface area contributed by atoms with Crippen molar-refractivity contribution >= 4 is 11.6 Å². The van der Waals surface area contributed by atoms with E-state index in [2.05, 4.69) is 13.8 Å². The molecular weight excluding hydrogens is 305 g/mol. The number of Topliss-reactive ketones (excluding diaryl/α,β-unsaturated/α-hetero) is 2. The number of ketones is 2. The fraction of sp³-hybridized carbons (Fsp3) is 0.889. The molecule has 0 radical (unpaired) electrons. The lowest BCUT2D eigenvalue weighted by Crippen LogP contribution is -2.47. The lowest BCUT2D eigenvalue weighted by molar-refractivity contribution is -0.228. The van der Waals surface area contributed by atoms with Crippen molar-refractivity contribution in [3.63, 3.8) is 0 Å². The van der Waals surface area contributed by atoms with Crippen LogP contribution in [0.1, 0.15) is 78.1 Å². The first kappa shape index (κ1) is 18.5. The van der Waals surface area contributed by atoms with E-state index in [-0.39, 0.29) is 30.0 Å². The Kier molecular flexibility index (Phi) is 5.27. The number of hydrogen-bond acceptors (Lipinski definition) is 2. The Morgan fingerprint density at radius 3 is 1.96 bits per heavy atom. The largest absolute Gasteiger partial charge is 0.401 e. The molecule has 2 nitrogen and oxygen atoms in total. The molecule has 0 spiro atoms. The van der Waals surface area contributed by atoms with Gasteiger partial charge >= 0.3 is 6.18 Å². The third-order valence-electron chi connectivity index (χ3n) is 5.91. The molecule has 23 heavy (non-hydrogen) atoms. The van der Waals surface area contributed by atoms with E-state index in [9.17, 15) is 22.8 Å². The molecule has 0 unspecified atom stereocenters. The van der Waals surface area contributed by atoms with Crippen LogP contribution < -0.4 is 0 Å². The third kappa shape index (κ3) is 3.97. The van der Waals surface area contributed by atoms with Crippen LogP contribution in [0.4, 0.5) is 13.2 Å². The molecule has 132 valence electrons. The van der Waals surface area contributed by atoms with Gasteiger partial charge in [0.05, 0.1) is 6.42 Å². The summed E-state index contributed by atoms with van der Waals surface area (Å²) >= 11 is 0. The smallest absolute Gasteiger partial charge is 0.299 e. The quantitative estimate of drug-likeness (QED) is 0.659. The molecule has 2 fully saturated rings. The molecule has 0 saturated heterocycles. The van der Waals surface area contributed by atoms with E-state index in [1.807, 2.05) is 0 Å². The summed E-state index contributed by atoms with van der Waals surface area (Å²) in [5.74, 6) is -1.40. The molecule has 0 heterocycles. The molecule has 2 saturated carbocycles. The zero-order valence-electron chi connectivity index (χ0n) is 14.1. The van der Waals surface area contributed by atoms with Gasteiger partial charge in [0.25, 0.3) is 0 Å². The van der Waals surface area contributed by atoms with Gasteiger partial charge in [0.15, 0.2) is 5.78 Å². The van der Waals surface area contributed by atoms with Gasteiger partial charge in [-0.2, -0.15) is 13.2 Å². The number of rotatable bonds is 4. The summed E-state index contributed by atoms with van der Waals surface area (Å²) < 4.78 is 40.5. The van der Waals surface area contributed by atoms with Gasteiger partial charge < -0.3 is 0 Å². The Morgan fingerprint density at radius 2 is 1.48 bits per heavy atom. The minimum atomic E-state index is -4.54. The summed E-state index contributed by atoms with van der Waals surface area (Å²) in [6.07, 6.45) is -0.657. The first-order chi connectivity index (χ1) is 10.6. The van der Waals surface area contributed by atoms with Crippen LogP contribution in [0.2, 0.25) is 0 Å². The highest BCUT2D eigenvalue weighted by Gasteiger charge is 2.59. The molecule has 0 aromatic rings. The number of alkyl halides is 3. The third-order valence-corrected chi connectivity index (χ3v) is 5.91. The Morgan fingerprint density at radius 1 is 0.957 bits per heavy atom. The summed E-state index contributed by atoms with van der Waals surface area (Å²) in [5.41, 5.74) is -2.08. The van der Waals surface area contributed by atoms with Gasteiger partial charge in [0, 0.05) is 5.92 Å². The molecule has 2 aliphatic rings. The second kappa shape index (κ2) is 6.56. The molecule has 2 rings (SSSR count). The average Bonchev–Trinajstić information content (AvgIpc) is 2.46. The van der Waals surface area contributed by atoms with E-state index in [0.717, 1.165) is 19.3 Å². The highest BCUT2D eigenvalue weighted by atomic mass is 19.4. The van der Waals surface area contributed by atoms with Gasteiger partial charge in [-0.1, -0.05) is 33.1 Å². The van der Waals surface area contributed by atoms with Crippen molar-refractivity contribution in [1.82, 2.24) is 0 Å². The van der Waals surface area contributed by atoms with Crippen LogP contribution in [0.25, 0.3) is 0 Å². The van der Waals surface area contributed by atoms with Crippen molar-refractivity contribution in [2.24, 2.45) is 16.7 Å². The van der Waals surface area contributed by atoms with E-state index in [1.165, 1.54) is 0 Å². The lowest BCUT2D eigenvalue weighted by Gasteiger charge is -2.38. The summed E-state index contributed by atoms with van der Waals surface area (Å²) in [6, 6.07) is 0. The Hall–Kier alpha value is -0.870. The lowest BCUT2D eigenvalue weighted by atomic mass is 9.67. The predicted octanol–water partition coefficient (Wildman–Crippen LogP) is 5.24. The minimum Gasteiger partial charge on any atom is -0.299 e. The van der Waals surface area contributed by atoms with Crippen molar-refractivity contribution in [2.75, 3.05) is 0 Å². The van der Waals surface area contributed by atoms with Crippen LogP contribution >= 0.6 is 0 Å². The number of hydrogen-bond donors (Lipinski definition) is 0. The maximum absolute atomic E-state index is 13.5. The highest BCUT2D eigenvalue weighted by Crippen LogP contribution is 2.50. The predicted molar refractivity (Wildman–Crippen MR) is 81.9 cm³/mol. The van der Waals surface area contributed by atoms with Crippen molar-refractivity contribution in [3.8, 4) is 0 Å². The SMILES string of the molecule is CC1(C)CCC(C(=O)CC(=O)C2(C(F)(F)F)CCCCC2)CC1. The molecule has 5 heteroatoms. The fourth-order valence-corrected chi connectivity index (χ4v) is 4.07. The van der Waals surface area contributed by atoms with Gasteiger partial charge in [0.1, 0.15) is 11.2 Å². The van der Waals surface area contributed by atoms with Crippen LogP contribution in [0.3, 0.4) is 0 Å². The van der Waals surface area contributed by atoms with Crippen LogP contribution in [-0.4, -0.2) is 17.7 Å². The summed E-state index contributed by atoms with van der Waals surface area (Å²) in [5, 5.41) is 0. The van der Waals surface area contributed by atoms with Gasteiger partial charge in [-0.15, -0.1) is 0 Å². The van der Waals surface area contributed by atoms with E-state index >= 15 is 0 Å². The van der Waals surface area contributed by atoms with Gasteiger partial charge in [0.2, 0.25) is 0 Å². The molecule has 0 N–H and O–H groups in total. The van der Waals surface area contributed by atoms with Gasteiger partial charge in [-0.25, -0.2) is 0 Å². The molecule has 0 bridgehead atoms. The molecule has 0 atom stereocenters. The molecule has 2 aliphatic carbocycles. The van der Waals surface area contributed by atoms with Crippen LogP contribution in [0.15, 0.2) is 0 Å². The Balaban J connectivity index is 2.03. The molecular formula is C18H27F3O2. The maximum Gasteiger partial charge on any atom is 0.401 e. The van der Waals surface area contributed by atoms with Gasteiger partial charge in [-0.05, 0) is 43.9 Å². The van der Waals surface area contributed by atoms with E-state index in [1.54, 1.807) is 0 Å². The Labute approximate surface area is 136 Å². The second-order valence-corrected chi connectivity index (χ2v) is 8.15. The van der Waals surface area contributed by atoms with E-state index < -0.39 is 23.8 Å². The van der Waals surface area contributed by atoms with Crippen LogP contribution in [0.5, 0.6) is 0 Å². The molecule has 0 aromatic carbocycles. The topological polar surface area (TPSA) is 34.1 Å². The monoisotopic (exact) mass is 332 g/mol. The molecule has 0 amide bonds. The van der Waals surface area contributed by atoms with E-state index in [0.29, 0.717) is 25.7 Å². The number of halogens is 3. The van der Waals surface area contributed by atoms with Gasteiger partial charge in [-0.3, -0.25) is 9.59 Å². The van der Waals surface area contributed by atoms with Crippen molar-refractivity contribution in [2.45, 2.75) is 84.2 Å². The zero-order valence-corrected chi connectivity index (χ0v) is 14.1. The maximum atomic E-state index is 13.5. The van der Waals surface area contributed by atoms with Crippen LogP contribution in [0, 0.1) is 16.7 Å². The average molecular weight is 332 g/mol. The summed E-state index contributed by atoms with van der Waals surface area (Å²) in [4.78, 5) is 24.7. The standard InChI is InChI=1S/C18H27F3O2/c1-16(2)10-6-13(7-11-16)14(22)12-15(23)17(18(19,20)21)8-4-3-5-9-17/h13H,3-12H2,1-2H3. The first-order valence-electron chi connectivity index (χ1n) is 8.70. The minimum absolute atomic E-state index is 0.152. The summed E-state index contributed by atoms with van der Waals surface area (Å²) in [6.45, 7) is 4.28. The normalized spacial score (nSPS) is 25.1. The Bertz CT molecular complexity index is 449. The fourth-order valence-electron chi connectivity index (χ4n) is 4.07.